The molecule has 72 valence electrons. The largest absolute Gasteiger partial charge is 0.384 e. The summed E-state index contributed by atoms with van der Waals surface area (Å²) in [6.07, 6.45) is 1.87. The van der Waals surface area contributed by atoms with Crippen molar-refractivity contribution in [3.8, 4) is 0 Å². The number of carbonyl (C=O) groups excluding carboxylic acids is 1. The molecule has 0 saturated heterocycles. The Morgan fingerprint density at radius 2 is 2.14 bits per heavy atom. The highest BCUT2D eigenvalue weighted by Gasteiger charge is 2.52. The minimum absolute atomic E-state index is 0.167. The Balaban J connectivity index is 2.18. The first-order valence-electron chi connectivity index (χ1n) is 5.05. The lowest BCUT2D eigenvalue weighted by Gasteiger charge is -2.22. The molecular weight excluding hydrogens is 176 g/mol. The second kappa shape index (κ2) is 2.45. The van der Waals surface area contributed by atoms with Crippen molar-refractivity contribution in [2.45, 2.75) is 24.9 Å². The predicted octanol–water partition coefficient (Wildman–Crippen LogP) is 1.41. The highest BCUT2D eigenvalue weighted by Crippen LogP contribution is 2.49. The number of fused-ring (bicyclic) bond motifs is 3. The smallest absolute Gasteiger partial charge is 0.139 e. The third-order valence-corrected chi connectivity index (χ3v) is 3.63. The molecule has 2 nitrogen and oxygen atoms in total. The maximum Gasteiger partial charge on any atom is 0.139 e. The van der Waals surface area contributed by atoms with E-state index in [2.05, 4.69) is 0 Å². The molecule has 1 aromatic carbocycles. The first-order valence-corrected chi connectivity index (χ1v) is 5.05. The third-order valence-electron chi connectivity index (χ3n) is 3.63. The summed E-state index contributed by atoms with van der Waals surface area (Å²) in [6.45, 7) is 0. The second-order valence-corrected chi connectivity index (χ2v) is 4.30. The summed E-state index contributed by atoms with van der Waals surface area (Å²) in [5, 5.41) is 10.4. The topological polar surface area (TPSA) is 37.3 Å². The van der Waals surface area contributed by atoms with Gasteiger partial charge in [-0.25, -0.2) is 0 Å². The molecule has 2 aliphatic carbocycles. The predicted molar refractivity (Wildman–Crippen MR) is 51.8 cm³/mol. The van der Waals surface area contributed by atoms with Crippen molar-refractivity contribution < 1.29 is 9.90 Å². The molecule has 2 atom stereocenters. The molecule has 1 saturated carbocycles. The van der Waals surface area contributed by atoms with Crippen molar-refractivity contribution >= 4 is 5.78 Å². The summed E-state index contributed by atoms with van der Waals surface area (Å²) >= 11 is 0. The van der Waals surface area contributed by atoms with Crippen LogP contribution in [0.1, 0.15) is 24.0 Å². The van der Waals surface area contributed by atoms with Gasteiger partial charge in [0.05, 0.1) is 5.92 Å². The first kappa shape index (κ1) is 8.18. The summed E-state index contributed by atoms with van der Waals surface area (Å²) in [7, 11) is 0. The molecule has 1 N–H and O–H groups in total. The Kier molecular flexibility index (Phi) is 1.43. The van der Waals surface area contributed by atoms with Crippen LogP contribution in [-0.4, -0.2) is 10.9 Å². The van der Waals surface area contributed by atoms with Crippen molar-refractivity contribution in [3.63, 3.8) is 0 Å². The number of rotatable bonds is 0. The van der Waals surface area contributed by atoms with E-state index in [0.29, 0.717) is 12.8 Å². The Hall–Kier alpha value is -1.15. The van der Waals surface area contributed by atoms with Crippen LogP contribution < -0.4 is 0 Å². The van der Waals surface area contributed by atoms with Gasteiger partial charge >= 0.3 is 0 Å². The monoisotopic (exact) mass is 188 g/mol. The molecule has 0 aromatic heterocycles. The van der Waals surface area contributed by atoms with Crippen LogP contribution in [0, 0.1) is 5.92 Å². The van der Waals surface area contributed by atoms with Crippen LogP contribution in [0.25, 0.3) is 0 Å². The lowest BCUT2D eigenvalue weighted by molar-refractivity contribution is -0.124. The first-order chi connectivity index (χ1) is 6.72. The molecule has 0 aliphatic heterocycles. The number of Topliss-reactive ketones (excluding diaryl/α,β-unsaturated/α-hetero) is 1. The van der Waals surface area contributed by atoms with Crippen LogP contribution in [-0.2, 0) is 16.8 Å². The van der Waals surface area contributed by atoms with Crippen molar-refractivity contribution in [1.29, 1.82) is 0 Å². The van der Waals surface area contributed by atoms with E-state index in [1.165, 1.54) is 0 Å². The molecule has 0 heterocycles. The zero-order valence-corrected chi connectivity index (χ0v) is 7.86. The SMILES string of the molecule is O=C1CC[C@]2(O)c3ccccc3C[C@H]12. The molecule has 1 aromatic rings. The summed E-state index contributed by atoms with van der Waals surface area (Å²) in [4.78, 5) is 11.6. The molecule has 14 heavy (non-hydrogen) atoms. The van der Waals surface area contributed by atoms with E-state index < -0.39 is 5.60 Å². The number of carbonyl (C=O) groups is 1. The van der Waals surface area contributed by atoms with Crippen LogP contribution >= 0.6 is 0 Å². The maximum atomic E-state index is 11.6. The molecule has 2 aliphatic rings. The van der Waals surface area contributed by atoms with Crippen molar-refractivity contribution in [3.05, 3.63) is 35.4 Å². The fourth-order valence-corrected chi connectivity index (χ4v) is 2.87. The molecule has 2 heteroatoms. The van der Waals surface area contributed by atoms with Gasteiger partial charge in [0, 0.05) is 6.42 Å². The van der Waals surface area contributed by atoms with Crippen molar-refractivity contribution in [2.75, 3.05) is 0 Å². The van der Waals surface area contributed by atoms with E-state index in [4.69, 9.17) is 0 Å². The molecule has 0 amide bonds. The standard InChI is InChI=1S/C12H12O2/c13-11-5-6-12(14)9-4-2-1-3-8(9)7-10(11)12/h1-4,10,14H,5-7H2/t10-,12+/m1/s1. The van der Waals surface area contributed by atoms with E-state index in [1.807, 2.05) is 24.3 Å². The van der Waals surface area contributed by atoms with Gasteiger partial charge in [0.25, 0.3) is 0 Å². The van der Waals surface area contributed by atoms with Gasteiger partial charge in [0.15, 0.2) is 0 Å². The molecule has 0 spiro atoms. The van der Waals surface area contributed by atoms with Gasteiger partial charge in [-0.15, -0.1) is 0 Å². The molecular formula is C12H12O2. The average Bonchev–Trinajstić information content (AvgIpc) is 2.64. The Labute approximate surface area is 82.6 Å². The number of aliphatic hydroxyl groups is 1. The highest BCUT2D eigenvalue weighted by molar-refractivity contribution is 5.86. The maximum absolute atomic E-state index is 11.6. The van der Waals surface area contributed by atoms with Crippen molar-refractivity contribution in [2.24, 2.45) is 5.92 Å². The van der Waals surface area contributed by atoms with Gasteiger partial charge in [-0.1, -0.05) is 24.3 Å². The molecule has 0 bridgehead atoms. The number of benzene rings is 1. The van der Waals surface area contributed by atoms with Gasteiger partial charge in [-0.2, -0.15) is 0 Å². The van der Waals surface area contributed by atoms with E-state index >= 15 is 0 Å². The lowest BCUT2D eigenvalue weighted by Crippen LogP contribution is -2.28. The van der Waals surface area contributed by atoms with Crippen LogP contribution in [0.5, 0.6) is 0 Å². The van der Waals surface area contributed by atoms with Gasteiger partial charge in [-0.3, -0.25) is 4.79 Å². The van der Waals surface area contributed by atoms with Crippen LogP contribution in [0.4, 0.5) is 0 Å². The zero-order chi connectivity index (χ0) is 9.76. The summed E-state index contributed by atoms with van der Waals surface area (Å²) in [6, 6.07) is 7.86. The number of hydrogen-bond acceptors (Lipinski definition) is 2. The minimum Gasteiger partial charge on any atom is -0.384 e. The molecule has 1 fully saturated rings. The second-order valence-electron chi connectivity index (χ2n) is 4.30. The summed E-state index contributed by atoms with van der Waals surface area (Å²) in [5.41, 5.74) is 1.29. The molecule has 0 radical (unpaired) electrons. The lowest BCUT2D eigenvalue weighted by atomic mass is 9.90. The van der Waals surface area contributed by atoms with Gasteiger partial charge in [0.1, 0.15) is 11.4 Å². The molecule has 0 unspecified atom stereocenters. The van der Waals surface area contributed by atoms with Gasteiger partial charge in [0.2, 0.25) is 0 Å². The van der Waals surface area contributed by atoms with Crippen LogP contribution in [0.15, 0.2) is 24.3 Å². The summed E-state index contributed by atoms with van der Waals surface area (Å²) in [5.74, 6) is 0.0589. The Morgan fingerprint density at radius 1 is 1.36 bits per heavy atom. The zero-order valence-electron chi connectivity index (χ0n) is 7.86. The van der Waals surface area contributed by atoms with Gasteiger partial charge in [-0.05, 0) is 24.0 Å². The van der Waals surface area contributed by atoms with E-state index in [9.17, 15) is 9.90 Å². The fourth-order valence-electron chi connectivity index (χ4n) is 2.87. The van der Waals surface area contributed by atoms with E-state index in [-0.39, 0.29) is 11.7 Å². The third kappa shape index (κ3) is 0.819. The minimum atomic E-state index is -0.840. The van der Waals surface area contributed by atoms with Gasteiger partial charge < -0.3 is 5.11 Å². The fraction of sp³-hybridized carbons (Fsp3) is 0.417. The quantitative estimate of drug-likeness (QED) is 0.668. The average molecular weight is 188 g/mol. The normalized spacial score (nSPS) is 34.4. The van der Waals surface area contributed by atoms with Crippen LogP contribution in [0.2, 0.25) is 0 Å². The highest BCUT2D eigenvalue weighted by atomic mass is 16.3. The van der Waals surface area contributed by atoms with Crippen molar-refractivity contribution in [1.82, 2.24) is 0 Å². The Morgan fingerprint density at radius 3 is 3.00 bits per heavy atom. The van der Waals surface area contributed by atoms with E-state index in [0.717, 1.165) is 17.5 Å². The number of ketones is 1. The Bertz CT molecular complexity index is 411. The van der Waals surface area contributed by atoms with Crippen LogP contribution in [0.3, 0.4) is 0 Å². The van der Waals surface area contributed by atoms with E-state index in [1.54, 1.807) is 0 Å². The summed E-state index contributed by atoms with van der Waals surface area (Å²) < 4.78 is 0. The molecule has 3 rings (SSSR count). The number of hydrogen-bond donors (Lipinski definition) is 1.